The van der Waals surface area contributed by atoms with Gasteiger partial charge in [-0.3, -0.25) is 4.79 Å². The zero-order chi connectivity index (χ0) is 15.8. The molecule has 0 unspecified atom stereocenters. The maximum atomic E-state index is 12.0. The number of furan rings is 1. The van der Waals surface area contributed by atoms with Crippen LogP contribution in [-0.2, 0) is 21.4 Å². The molecule has 0 bridgehead atoms. The van der Waals surface area contributed by atoms with Crippen molar-refractivity contribution in [2.24, 2.45) is 5.92 Å². The first-order chi connectivity index (χ1) is 9.68. The Hall–Kier alpha value is -1.34. The first-order valence-electron chi connectivity index (χ1n) is 6.92. The summed E-state index contributed by atoms with van der Waals surface area (Å²) in [6.07, 6.45) is 2.23. The van der Waals surface area contributed by atoms with Crippen molar-refractivity contribution in [3.63, 3.8) is 0 Å². The lowest BCUT2D eigenvalue weighted by Gasteiger charge is -2.19. The van der Waals surface area contributed by atoms with Crippen molar-refractivity contribution < 1.29 is 17.6 Å². The Labute approximate surface area is 125 Å². The second-order valence-corrected chi connectivity index (χ2v) is 7.98. The molecule has 0 saturated heterocycles. The van der Waals surface area contributed by atoms with Crippen molar-refractivity contribution in [2.45, 2.75) is 25.8 Å². The lowest BCUT2D eigenvalue weighted by atomic mass is 10.3. The molecule has 0 spiro atoms. The molecule has 0 aromatic carbocycles. The van der Waals surface area contributed by atoms with Crippen LogP contribution in [0.2, 0.25) is 0 Å². The van der Waals surface area contributed by atoms with Crippen LogP contribution in [0.1, 0.15) is 30.8 Å². The molecule has 1 heterocycles. The van der Waals surface area contributed by atoms with E-state index in [1.165, 1.54) is 11.9 Å². The summed E-state index contributed by atoms with van der Waals surface area (Å²) >= 11 is 0. The van der Waals surface area contributed by atoms with E-state index < -0.39 is 10.0 Å². The fourth-order valence-electron chi connectivity index (χ4n) is 2.15. The molecule has 1 saturated carbocycles. The number of likely N-dealkylation sites (N-methyl/N-ethyl adjacent to an activating group) is 2. The maximum absolute atomic E-state index is 12.0. The van der Waals surface area contributed by atoms with Gasteiger partial charge in [-0.25, -0.2) is 8.42 Å². The highest BCUT2D eigenvalue weighted by molar-refractivity contribution is 7.88. The molecule has 0 radical (unpaired) electrons. The van der Waals surface area contributed by atoms with E-state index in [1.807, 2.05) is 12.1 Å². The van der Waals surface area contributed by atoms with Crippen LogP contribution in [0.3, 0.4) is 0 Å². The van der Waals surface area contributed by atoms with Crippen LogP contribution in [0.5, 0.6) is 0 Å². The van der Waals surface area contributed by atoms with E-state index in [2.05, 4.69) is 6.92 Å². The quantitative estimate of drug-likeness (QED) is 0.792. The molecule has 6 nitrogen and oxygen atoms in total. The Morgan fingerprint density at radius 1 is 1.38 bits per heavy atom. The average molecular weight is 314 g/mol. The molecule has 7 heteroatoms. The third-order valence-electron chi connectivity index (χ3n) is 3.90. The second-order valence-electron chi connectivity index (χ2n) is 5.89. The van der Waals surface area contributed by atoms with Crippen molar-refractivity contribution in [1.82, 2.24) is 9.21 Å². The Balaban J connectivity index is 1.90. The van der Waals surface area contributed by atoms with Crippen molar-refractivity contribution in [1.29, 1.82) is 0 Å². The minimum absolute atomic E-state index is 0.164. The van der Waals surface area contributed by atoms with Gasteiger partial charge in [0.2, 0.25) is 15.9 Å². The van der Waals surface area contributed by atoms with Gasteiger partial charge < -0.3 is 9.32 Å². The summed E-state index contributed by atoms with van der Waals surface area (Å²) in [6.45, 7) is 2.36. The highest BCUT2D eigenvalue weighted by Gasteiger charge is 2.36. The van der Waals surface area contributed by atoms with E-state index in [-0.39, 0.29) is 12.5 Å². The van der Waals surface area contributed by atoms with Crippen LogP contribution < -0.4 is 0 Å². The first-order valence-corrected chi connectivity index (χ1v) is 8.77. The Kier molecular flexibility index (Phi) is 4.43. The fraction of sp³-hybridized carbons (Fsp3) is 0.643. The number of nitrogens with zero attached hydrogens (tertiary/aromatic N) is 2. The lowest BCUT2D eigenvalue weighted by molar-refractivity contribution is -0.130. The Morgan fingerprint density at radius 2 is 2.00 bits per heavy atom. The van der Waals surface area contributed by atoms with E-state index in [0.717, 1.165) is 28.5 Å². The van der Waals surface area contributed by atoms with Crippen molar-refractivity contribution in [3.8, 4) is 0 Å². The van der Waals surface area contributed by atoms with Gasteiger partial charge >= 0.3 is 0 Å². The molecule has 118 valence electrons. The molecule has 1 aliphatic carbocycles. The summed E-state index contributed by atoms with van der Waals surface area (Å²) < 4.78 is 29.4. The number of rotatable bonds is 6. The minimum Gasteiger partial charge on any atom is -0.464 e. The summed E-state index contributed by atoms with van der Waals surface area (Å²) in [5.41, 5.74) is 0. The molecule has 0 aliphatic heterocycles. The van der Waals surface area contributed by atoms with E-state index in [1.54, 1.807) is 7.05 Å². The van der Waals surface area contributed by atoms with Gasteiger partial charge in [0.15, 0.2) is 0 Å². The van der Waals surface area contributed by atoms with E-state index in [9.17, 15) is 13.2 Å². The smallest absolute Gasteiger partial charge is 0.238 e. The highest BCUT2D eigenvalue weighted by Crippen LogP contribution is 2.47. The number of amides is 1. The zero-order valence-corrected chi connectivity index (χ0v) is 13.7. The van der Waals surface area contributed by atoms with Gasteiger partial charge in [0.1, 0.15) is 11.5 Å². The topological polar surface area (TPSA) is 70.8 Å². The average Bonchev–Trinajstić information content (AvgIpc) is 2.92. The van der Waals surface area contributed by atoms with E-state index in [4.69, 9.17) is 4.42 Å². The summed E-state index contributed by atoms with van der Waals surface area (Å²) in [4.78, 5) is 13.5. The van der Waals surface area contributed by atoms with Crippen LogP contribution >= 0.6 is 0 Å². The van der Waals surface area contributed by atoms with Crippen molar-refractivity contribution in [3.05, 3.63) is 23.7 Å². The monoisotopic (exact) mass is 314 g/mol. The van der Waals surface area contributed by atoms with Gasteiger partial charge in [-0.15, -0.1) is 0 Å². The third kappa shape index (κ3) is 4.07. The Morgan fingerprint density at radius 3 is 2.52 bits per heavy atom. The molecular weight excluding hydrogens is 292 g/mol. The molecule has 21 heavy (non-hydrogen) atoms. The van der Waals surface area contributed by atoms with Gasteiger partial charge in [0, 0.05) is 20.0 Å². The largest absolute Gasteiger partial charge is 0.464 e. The van der Waals surface area contributed by atoms with Gasteiger partial charge in [-0.05, 0) is 24.5 Å². The van der Waals surface area contributed by atoms with Crippen LogP contribution in [-0.4, -0.2) is 50.4 Å². The van der Waals surface area contributed by atoms with Crippen LogP contribution in [0, 0.1) is 5.92 Å². The lowest BCUT2D eigenvalue weighted by Crippen LogP contribution is -2.38. The molecule has 1 aliphatic rings. The standard InChI is InChI=1S/C14H22N2O4S/c1-10-7-12(10)13-6-5-11(20-13)8-15(2)14(17)9-16(3)21(4,18)19/h5-6,10,12H,7-9H2,1-4H3/t10-,12+/m0/s1. The fourth-order valence-corrected chi connectivity index (χ4v) is 2.49. The minimum atomic E-state index is -3.35. The van der Waals surface area contributed by atoms with Gasteiger partial charge in [0.25, 0.3) is 0 Å². The second kappa shape index (κ2) is 5.81. The van der Waals surface area contributed by atoms with Gasteiger partial charge in [-0.2, -0.15) is 4.31 Å². The van der Waals surface area contributed by atoms with Crippen molar-refractivity contribution >= 4 is 15.9 Å². The number of hydrogen-bond donors (Lipinski definition) is 0. The normalized spacial score (nSPS) is 21.6. The van der Waals surface area contributed by atoms with E-state index in [0.29, 0.717) is 18.4 Å². The maximum Gasteiger partial charge on any atom is 0.238 e. The molecule has 1 fully saturated rings. The molecule has 1 amide bonds. The van der Waals surface area contributed by atoms with E-state index >= 15 is 0 Å². The Bertz CT molecular complexity index is 623. The van der Waals surface area contributed by atoms with Gasteiger partial charge in [0.05, 0.1) is 19.3 Å². The van der Waals surface area contributed by atoms with Crippen molar-refractivity contribution in [2.75, 3.05) is 26.9 Å². The van der Waals surface area contributed by atoms with Crippen LogP contribution in [0.4, 0.5) is 0 Å². The summed E-state index contributed by atoms with van der Waals surface area (Å²) in [5.74, 6) is 2.62. The van der Waals surface area contributed by atoms with Crippen LogP contribution in [0.25, 0.3) is 0 Å². The summed E-state index contributed by atoms with van der Waals surface area (Å²) in [7, 11) is -0.318. The number of carbonyl (C=O) groups is 1. The first kappa shape index (κ1) is 16.0. The summed E-state index contributed by atoms with van der Waals surface area (Å²) in [5, 5.41) is 0. The predicted octanol–water partition coefficient (Wildman–Crippen LogP) is 1.25. The van der Waals surface area contributed by atoms with Crippen LogP contribution in [0.15, 0.2) is 16.5 Å². The zero-order valence-electron chi connectivity index (χ0n) is 12.9. The highest BCUT2D eigenvalue weighted by atomic mass is 32.2. The summed E-state index contributed by atoms with van der Waals surface area (Å²) in [6, 6.07) is 3.84. The number of hydrogen-bond acceptors (Lipinski definition) is 4. The van der Waals surface area contributed by atoms with Gasteiger partial charge in [-0.1, -0.05) is 6.92 Å². The molecule has 1 aromatic rings. The predicted molar refractivity (Wildman–Crippen MR) is 79.2 cm³/mol. The molecule has 2 rings (SSSR count). The third-order valence-corrected chi connectivity index (χ3v) is 5.16. The molecule has 2 atom stereocenters. The number of sulfonamides is 1. The molecule has 0 N–H and O–H groups in total. The SMILES string of the molecule is C[C@H]1C[C@H]1c1ccc(CN(C)C(=O)CN(C)S(C)(=O)=O)o1. The molecular formula is C14H22N2O4S. The number of carbonyl (C=O) groups excluding carboxylic acids is 1. The molecule has 1 aromatic heterocycles.